The number of hydrogen-bond acceptors (Lipinski definition) is 4. The first-order valence-corrected chi connectivity index (χ1v) is 5.62. The van der Waals surface area contributed by atoms with E-state index in [9.17, 15) is 0 Å². The molecule has 0 aromatic carbocycles. The molecular weight excluding hydrogens is 182 g/mol. The van der Waals surface area contributed by atoms with Crippen molar-refractivity contribution >= 4 is 11.8 Å². The van der Waals surface area contributed by atoms with Crippen LogP contribution in [0.15, 0.2) is 18.6 Å². The lowest BCUT2D eigenvalue weighted by Crippen LogP contribution is -2.17. The van der Waals surface area contributed by atoms with E-state index in [1.165, 1.54) is 11.5 Å². The van der Waals surface area contributed by atoms with Crippen molar-refractivity contribution in [3.63, 3.8) is 0 Å². The molecule has 1 rings (SSSR count). The Labute approximate surface area is 83.4 Å². The van der Waals surface area contributed by atoms with Gasteiger partial charge in [-0.1, -0.05) is 6.92 Å². The minimum atomic E-state index is 0.840. The van der Waals surface area contributed by atoms with Gasteiger partial charge in [0.1, 0.15) is 6.33 Å². The smallest absolute Gasteiger partial charge is 0.115 e. The Morgan fingerprint density at radius 1 is 1.54 bits per heavy atom. The molecular formula is C9H15N3S. The van der Waals surface area contributed by atoms with Gasteiger partial charge in [0.2, 0.25) is 0 Å². The van der Waals surface area contributed by atoms with Gasteiger partial charge in [-0.15, -0.1) is 0 Å². The van der Waals surface area contributed by atoms with Gasteiger partial charge in [-0.05, 0) is 11.8 Å². The molecule has 0 atom stereocenters. The zero-order chi connectivity index (χ0) is 9.36. The number of nitrogens with zero attached hydrogens (tertiary/aromatic N) is 2. The minimum absolute atomic E-state index is 0.840. The van der Waals surface area contributed by atoms with Crippen LogP contribution in [0.5, 0.6) is 0 Å². The van der Waals surface area contributed by atoms with E-state index in [1.807, 2.05) is 17.8 Å². The van der Waals surface area contributed by atoms with Crippen LogP contribution in [0, 0.1) is 0 Å². The Kier molecular flexibility index (Phi) is 5.52. The zero-order valence-electron chi connectivity index (χ0n) is 7.86. The van der Waals surface area contributed by atoms with Crippen LogP contribution >= 0.6 is 11.8 Å². The topological polar surface area (TPSA) is 37.8 Å². The molecule has 0 aliphatic carbocycles. The summed E-state index contributed by atoms with van der Waals surface area (Å²) < 4.78 is 0. The first-order chi connectivity index (χ1) is 6.43. The van der Waals surface area contributed by atoms with Gasteiger partial charge in [0.25, 0.3) is 0 Å². The van der Waals surface area contributed by atoms with Crippen molar-refractivity contribution in [2.24, 2.45) is 0 Å². The van der Waals surface area contributed by atoms with Gasteiger partial charge >= 0.3 is 0 Å². The quantitative estimate of drug-likeness (QED) is 0.698. The second-order valence-electron chi connectivity index (χ2n) is 2.57. The van der Waals surface area contributed by atoms with Crippen LogP contribution in [0.3, 0.4) is 0 Å². The van der Waals surface area contributed by atoms with Gasteiger partial charge < -0.3 is 5.32 Å². The molecule has 0 saturated carbocycles. The van der Waals surface area contributed by atoms with E-state index in [0.717, 1.165) is 18.8 Å². The van der Waals surface area contributed by atoms with Crippen LogP contribution in [-0.2, 0) is 6.54 Å². The second kappa shape index (κ2) is 6.86. The highest BCUT2D eigenvalue weighted by molar-refractivity contribution is 7.99. The summed E-state index contributed by atoms with van der Waals surface area (Å²) >= 11 is 1.95. The highest BCUT2D eigenvalue weighted by Gasteiger charge is 1.91. The Morgan fingerprint density at radius 2 is 2.46 bits per heavy atom. The van der Waals surface area contributed by atoms with Crippen molar-refractivity contribution in [2.45, 2.75) is 13.5 Å². The van der Waals surface area contributed by atoms with E-state index >= 15 is 0 Å². The largest absolute Gasteiger partial charge is 0.310 e. The van der Waals surface area contributed by atoms with E-state index in [4.69, 9.17) is 0 Å². The Bertz CT molecular complexity index is 215. The average Bonchev–Trinajstić information content (AvgIpc) is 2.19. The van der Waals surface area contributed by atoms with Gasteiger partial charge in [-0.2, -0.15) is 11.8 Å². The normalized spacial score (nSPS) is 10.2. The predicted molar refractivity (Wildman–Crippen MR) is 56.7 cm³/mol. The number of hydrogen-bond donors (Lipinski definition) is 1. The number of aromatic nitrogens is 2. The highest BCUT2D eigenvalue weighted by atomic mass is 32.2. The summed E-state index contributed by atoms with van der Waals surface area (Å²) in [5, 5.41) is 3.33. The summed E-state index contributed by atoms with van der Waals surface area (Å²) in [6.45, 7) is 4.06. The van der Waals surface area contributed by atoms with Crippen LogP contribution in [0.1, 0.15) is 12.6 Å². The van der Waals surface area contributed by atoms with Gasteiger partial charge in [0, 0.05) is 25.0 Å². The molecule has 3 nitrogen and oxygen atoms in total. The Balaban J connectivity index is 2.07. The van der Waals surface area contributed by atoms with E-state index in [1.54, 1.807) is 12.5 Å². The molecule has 0 aliphatic rings. The van der Waals surface area contributed by atoms with Crippen LogP contribution in [0.25, 0.3) is 0 Å². The molecule has 0 spiro atoms. The molecule has 0 bridgehead atoms. The third-order valence-electron chi connectivity index (χ3n) is 1.58. The molecule has 1 N–H and O–H groups in total. The van der Waals surface area contributed by atoms with Crippen LogP contribution in [-0.4, -0.2) is 28.0 Å². The van der Waals surface area contributed by atoms with E-state index in [-0.39, 0.29) is 0 Å². The lowest BCUT2D eigenvalue weighted by Gasteiger charge is -2.02. The fraction of sp³-hybridized carbons (Fsp3) is 0.556. The van der Waals surface area contributed by atoms with Crippen LogP contribution in [0.4, 0.5) is 0 Å². The summed E-state index contributed by atoms with van der Waals surface area (Å²) in [4.78, 5) is 7.98. The third-order valence-corrected chi connectivity index (χ3v) is 2.48. The van der Waals surface area contributed by atoms with Crippen molar-refractivity contribution in [3.05, 3.63) is 24.3 Å². The molecule has 0 saturated heterocycles. The number of thioether (sulfide) groups is 1. The first-order valence-electron chi connectivity index (χ1n) is 4.47. The maximum Gasteiger partial charge on any atom is 0.115 e. The summed E-state index contributed by atoms with van der Waals surface area (Å²) in [6, 6.07) is 1.93. The monoisotopic (exact) mass is 197 g/mol. The third kappa shape index (κ3) is 4.85. The van der Waals surface area contributed by atoms with Crippen molar-refractivity contribution < 1.29 is 0 Å². The molecule has 0 unspecified atom stereocenters. The van der Waals surface area contributed by atoms with Gasteiger partial charge in [0.15, 0.2) is 0 Å². The van der Waals surface area contributed by atoms with Crippen molar-refractivity contribution in [3.8, 4) is 0 Å². The van der Waals surface area contributed by atoms with Crippen molar-refractivity contribution in [1.29, 1.82) is 0 Å². The number of rotatable bonds is 6. The van der Waals surface area contributed by atoms with Gasteiger partial charge in [0.05, 0.1) is 5.69 Å². The molecule has 1 aromatic heterocycles. The predicted octanol–water partition coefficient (Wildman–Crippen LogP) is 1.32. The van der Waals surface area contributed by atoms with E-state index in [2.05, 4.69) is 22.2 Å². The summed E-state index contributed by atoms with van der Waals surface area (Å²) in [5.41, 5.74) is 1.05. The average molecular weight is 197 g/mol. The lowest BCUT2D eigenvalue weighted by atomic mass is 10.4. The molecule has 0 fully saturated rings. The minimum Gasteiger partial charge on any atom is -0.310 e. The maximum atomic E-state index is 4.12. The Morgan fingerprint density at radius 3 is 3.15 bits per heavy atom. The Hall–Kier alpha value is -0.610. The molecule has 0 amide bonds. The van der Waals surface area contributed by atoms with E-state index < -0.39 is 0 Å². The molecule has 0 radical (unpaired) electrons. The van der Waals surface area contributed by atoms with Crippen LogP contribution in [0.2, 0.25) is 0 Å². The van der Waals surface area contributed by atoms with Gasteiger partial charge in [-0.3, -0.25) is 0 Å². The first kappa shape index (κ1) is 10.5. The molecule has 4 heteroatoms. The van der Waals surface area contributed by atoms with Crippen LogP contribution < -0.4 is 5.32 Å². The zero-order valence-corrected chi connectivity index (χ0v) is 8.68. The molecule has 72 valence electrons. The highest BCUT2D eigenvalue weighted by Crippen LogP contribution is 1.96. The molecule has 1 aromatic rings. The molecule has 1 heterocycles. The van der Waals surface area contributed by atoms with Crippen molar-refractivity contribution in [2.75, 3.05) is 18.1 Å². The SMILES string of the molecule is CCSCCNCc1ccncn1. The maximum absolute atomic E-state index is 4.12. The fourth-order valence-corrected chi connectivity index (χ4v) is 1.51. The molecule has 0 aliphatic heterocycles. The fourth-order valence-electron chi connectivity index (χ4n) is 0.928. The molecule has 13 heavy (non-hydrogen) atoms. The van der Waals surface area contributed by atoms with Crippen molar-refractivity contribution in [1.82, 2.24) is 15.3 Å². The summed E-state index contributed by atoms with van der Waals surface area (Å²) in [7, 11) is 0. The lowest BCUT2D eigenvalue weighted by molar-refractivity contribution is 0.713. The van der Waals surface area contributed by atoms with Gasteiger partial charge in [-0.25, -0.2) is 9.97 Å². The number of nitrogens with one attached hydrogen (secondary N) is 1. The summed E-state index contributed by atoms with van der Waals surface area (Å²) in [5.74, 6) is 2.36. The van der Waals surface area contributed by atoms with E-state index in [0.29, 0.717) is 0 Å². The second-order valence-corrected chi connectivity index (χ2v) is 3.97. The standard InChI is InChI=1S/C9H15N3S/c1-2-13-6-5-10-7-9-3-4-11-8-12-9/h3-4,8,10H,2,5-7H2,1H3. The summed E-state index contributed by atoms with van der Waals surface area (Å²) in [6.07, 6.45) is 3.35.